The van der Waals surface area contributed by atoms with E-state index in [1.807, 2.05) is 0 Å². The van der Waals surface area contributed by atoms with Crippen LogP contribution in [0.2, 0.25) is 0 Å². The van der Waals surface area contributed by atoms with Crippen molar-refractivity contribution < 1.29 is 4.74 Å². The van der Waals surface area contributed by atoms with Crippen LogP contribution in [0.5, 0.6) is 0 Å². The lowest BCUT2D eigenvalue weighted by molar-refractivity contribution is -0.00444. The monoisotopic (exact) mass is 112 g/mol. The normalized spacial score (nSPS) is 52.9. The highest BCUT2D eigenvalue weighted by molar-refractivity contribution is 4.90. The van der Waals surface area contributed by atoms with Gasteiger partial charge in [-0.1, -0.05) is 6.92 Å². The molecule has 1 saturated carbocycles. The van der Waals surface area contributed by atoms with Gasteiger partial charge in [-0.2, -0.15) is 0 Å². The van der Waals surface area contributed by atoms with Gasteiger partial charge in [0.1, 0.15) is 0 Å². The topological polar surface area (TPSA) is 9.23 Å². The lowest BCUT2D eigenvalue weighted by atomic mass is 9.72. The van der Waals surface area contributed by atoms with E-state index in [0.29, 0.717) is 6.10 Å². The second kappa shape index (κ2) is 1.47. The molecule has 1 aliphatic carbocycles. The standard InChI is InChI=1S/C7H12O/c1-5-4-7-6(5)2-3-8-7/h5-7H,2-4H2,1H3/t5-,6+,7-/m0/s1. The van der Waals surface area contributed by atoms with Gasteiger partial charge in [0.25, 0.3) is 0 Å². The molecule has 1 heteroatoms. The Morgan fingerprint density at radius 1 is 1.50 bits per heavy atom. The first-order valence-electron chi connectivity index (χ1n) is 3.49. The van der Waals surface area contributed by atoms with E-state index in [9.17, 15) is 0 Å². The number of fused-ring (bicyclic) bond motifs is 1. The molecule has 2 fully saturated rings. The van der Waals surface area contributed by atoms with Crippen LogP contribution in [0.3, 0.4) is 0 Å². The first-order chi connectivity index (χ1) is 3.88. The van der Waals surface area contributed by atoms with Crippen molar-refractivity contribution in [2.45, 2.75) is 25.9 Å². The van der Waals surface area contributed by atoms with Gasteiger partial charge in [-0.3, -0.25) is 0 Å². The summed E-state index contributed by atoms with van der Waals surface area (Å²) in [5.74, 6) is 1.90. The maximum absolute atomic E-state index is 5.42. The smallest absolute Gasteiger partial charge is 0.0609 e. The van der Waals surface area contributed by atoms with Crippen LogP contribution >= 0.6 is 0 Å². The van der Waals surface area contributed by atoms with E-state index in [1.54, 1.807) is 0 Å². The molecular weight excluding hydrogens is 100 g/mol. The van der Waals surface area contributed by atoms with Gasteiger partial charge in [-0.15, -0.1) is 0 Å². The SMILES string of the molecule is C[C@H]1C[C@@H]2OCC[C@@H]21. The molecule has 1 saturated heterocycles. The Morgan fingerprint density at radius 2 is 2.38 bits per heavy atom. The third-order valence-electron chi connectivity index (χ3n) is 2.60. The molecule has 1 aliphatic heterocycles. The van der Waals surface area contributed by atoms with Gasteiger partial charge in [-0.05, 0) is 24.7 Å². The minimum atomic E-state index is 0.671. The summed E-state index contributed by atoms with van der Waals surface area (Å²) < 4.78 is 5.42. The average molecular weight is 112 g/mol. The zero-order chi connectivity index (χ0) is 5.56. The Labute approximate surface area is 50.0 Å². The summed E-state index contributed by atoms with van der Waals surface area (Å²) >= 11 is 0. The first-order valence-corrected chi connectivity index (χ1v) is 3.49. The quantitative estimate of drug-likeness (QED) is 0.460. The molecule has 0 N–H and O–H groups in total. The summed E-state index contributed by atoms with van der Waals surface area (Å²) in [5, 5.41) is 0. The van der Waals surface area contributed by atoms with E-state index in [1.165, 1.54) is 12.8 Å². The van der Waals surface area contributed by atoms with E-state index < -0.39 is 0 Å². The second-order valence-electron chi connectivity index (χ2n) is 3.07. The molecule has 0 bridgehead atoms. The average Bonchev–Trinajstić information content (AvgIpc) is 2.09. The zero-order valence-corrected chi connectivity index (χ0v) is 5.26. The van der Waals surface area contributed by atoms with Crippen molar-refractivity contribution in [2.75, 3.05) is 6.61 Å². The maximum Gasteiger partial charge on any atom is 0.0609 e. The van der Waals surface area contributed by atoms with Crippen molar-refractivity contribution >= 4 is 0 Å². The molecule has 46 valence electrons. The number of rotatable bonds is 0. The van der Waals surface area contributed by atoms with Gasteiger partial charge >= 0.3 is 0 Å². The third-order valence-corrected chi connectivity index (χ3v) is 2.60. The second-order valence-corrected chi connectivity index (χ2v) is 3.07. The molecule has 0 unspecified atom stereocenters. The minimum absolute atomic E-state index is 0.671. The fourth-order valence-corrected chi connectivity index (χ4v) is 1.90. The fourth-order valence-electron chi connectivity index (χ4n) is 1.90. The molecule has 0 aromatic heterocycles. The van der Waals surface area contributed by atoms with E-state index in [0.717, 1.165) is 18.4 Å². The van der Waals surface area contributed by atoms with Gasteiger partial charge in [0.15, 0.2) is 0 Å². The predicted molar refractivity (Wildman–Crippen MR) is 31.6 cm³/mol. The molecule has 0 amide bonds. The Hall–Kier alpha value is -0.0400. The maximum atomic E-state index is 5.42. The third kappa shape index (κ3) is 0.455. The minimum Gasteiger partial charge on any atom is -0.378 e. The molecule has 0 aromatic rings. The van der Waals surface area contributed by atoms with Crippen LogP contribution in [0, 0.1) is 11.8 Å². The predicted octanol–water partition coefficient (Wildman–Crippen LogP) is 1.43. The Kier molecular flexibility index (Phi) is 0.884. The van der Waals surface area contributed by atoms with Gasteiger partial charge < -0.3 is 4.74 Å². The summed E-state index contributed by atoms with van der Waals surface area (Å²) in [7, 11) is 0. The number of hydrogen-bond donors (Lipinski definition) is 0. The van der Waals surface area contributed by atoms with Crippen molar-refractivity contribution in [3.05, 3.63) is 0 Å². The van der Waals surface area contributed by atoms with E-state index in [4.69, 9.17) is 4.74 Å². The van der Waals surface area contributed by atoms with Crippen molar-refractivity contribution in [3.63, 3.8) is 0 Å². The highest BCUT2D eigenvalue weighted by Crippen LogP contribution is 2.42. The van der Waals surface area contributed by atoms with Crippen molar-refractivity contribution in [1.29, 1.82) is 0 Å². The van der Waals surface area contributed by atoms with Crippen LogP contribution in [0.25, 0.3) is 0 Å². The van der Waals surface area contributed by atoms with Crippen LogP contribution in [0.1, 0.15) is 19.8 Å². The molecule has 0 spiro atoms. The fraction of sp³-hybridized carbons (Fsp3) is 1.00. The lowest BCUT2D eigenvalue weighted by Gasteiger charge is -2.36. The largest absolute Gasteiger partial charge is 0.378 e. The van der Waals surface area contributed by atoms with Crippen LogP contribution in [-0.4, -0.2) is 12.7 Å². The Bertz CT molecular complexity index is 101. The summed E-state index contributed by atoms with van der Waals surface area (Å²) in [6.45, 7) is 3.36. The molecule has 2 aliphatic rings. The molecule has 0 aromatic carbocycles. The summed E-state index contributed by atoms with van der Waals surface area (Å²) in [6.07, 6.45) is 3.32. The highest BCUT2D eigenvalue weighted by Gasteiger charge is 2.42. The van der Waals surface area contributed by atoms with Gasteiger partial charge in [0.05, 0.1) is 6.10 Å². The molecule has 3 atom stereocenters. The van der Waals surface area contributed by atoms with Gasteiger partial charge in [0, 0.05) is 6.61 Å². The first kappa shape index (κ1) is 4.80. The zero-order valence-electron chi connectivity index (χ0n) is 5.26. The Balaban J connectivity index is 2.02. The molecule has 0 radical (unpaired) electrons. The summed E-state index contributed by atoms with van der Waals surface area (Å²) in [6, 6.07) is 0. The molecule has 8 heavy (non-hydrogen) atoms. The van der Waals surface area contributed by atoms with Crippen LogP contribution in [-0.2, 0) is 4.74 Å². The van der Waals surface area contributed by atoms with Crippen LogP contribution < -0.4 is 0 Å². The molecule has 2 rings (SSSR count). The van der Waals surface area contributed by atoms with E-state index in [2.05, 4.69) is 6.92 Å². The summed E-state index contributed by atoms with van der Waals surface area (Å²) in [5.41, 5.74) is 0. The van der Waals surface area contributed by atoms with Crippen LogP contribution in [0.15, 0.2) is 0 Å². The van der Waals surface area contributed by atoms with Crippen molar-refractivity contribution in [1.82, 2.24) is 0 Å². The lowest BCUT2D eigenvalue weighted by Crippen LogP contribution is -2.35. The van der Waals surface area contributed by atoms with E-state index in [-0.39, 0.29) is 0 Å². The van der Waals surface area contributed by atoms with Crippen molar-refractivity contribution in [3.8, 4) is 0 Å². The van der Waals surface area contributed by atoms with Gasteiger partial charge in [-0.25, -0.2) is 0 Å². The summed E-state index contributed by atoms with van der Waals surface area (Å²) in [4.78, 5) is 0. The van der Waals surface area contributed by atoms with Crippen molar-refractivity contribution in [2.24, 2.45) is 11.8 Å². The molecule has 1 heterocycles. The van der Waals surface area contributed by atoms with Gasteiger partial charge in [0.2, 0.25) is 0 Å². The Morgan fingerprint density at radius 3 is 2.88 bits per heavy atom. The van der Waals surface area contributed by atoms with E-state index >= 15 is 0 Å². The molecular formula is C7H12O. The highest BCUT2D eigenvalue weighted by atomic mass is 16.5. The number of ether oxygens (including phenoxy) is 1. The molecule has 1 nitrogen and oxygen atoms in total. The van der Waals surface area contributed by atoms with Crippen LogP contribution in [0.4, 0.5) is 0 Å². The number of hydrogen-bond acceptors (Lipinski definition) is 1.